The maximum atomic E-state index is 8.51. The third kappa shape index (κ3) is 2.26. The number of hydrogen-bond acceptors (Lipinski definition) is 3. The van der Waals surface area contributed by atoms with Gasteiger partial charge in [0.25, 0.3) is 0 Å². The van der Waals surface area contributed by atoms with Crippen LogP contribution in [0, 0.1) is 0 Å². The first-order valence-electron chi connectivity index (χ1n) is 1.83. The van der Waals surface area contributed by atoms with Gasteiger partial charge >= 0.3 is 29.6 Å². The molecule has 4 heteroatoms. The molecule has 1 N–H and O–H groups in total. The van der Waals surface area contributed by atoms with Crippen molar-refractivity contribution in [1.82, 2.24) is 9.97 Å². The van der Waals surface area contributed by atoms with Gasteiger partial charge in [0, 0.05) is 0 Å². The van der Waals surface area contributed by atoms with Crippen LogP contribution in [0.2, 0.25) is 0 Å². The van der Waals surface area contributed by atoms with Gasteiger partial charge in [-0.3, -0.25) is 0 Å². The Bertz CT molecular complexity index is 144. The predicted molar refractivity (Wildman–Crippen MR) is 30.8 cm³/mol. The summed E-state index contributed by atoms with van der Waals surface area (Å²) in [6.07, 6.45) is 4.01. The summed E-state index contributed by atoms with van der Waals surface area (Å²) in [5.74, 6) is 0.0995. The fourth-order valence-corrected chi connectivity index (χ4v) is 0.291. The minimum atomic E-state index is 0. The van der Waals surface area contributed by atoms with Crippen LogP contribution in [0.3, 0.4) is 0 Å². The SMILES string of the molecule is Oc1cncnc1.[NaH]. The molecule has 0 atom stereocenters. The van der Waals surface area contributed by atoms with Crippen molar-refractivity contribution in [2.24, 2.45) is 0 Å². The Morgan fingerprint density at radius 2 is 1.75 bits per heavy atom. The van der Waals surface area contributed by atoms with Gasteiger partial charge in [-0.15, -0.1) is 0 Å². The summed E-state index contributed by atoms with van der Waals surface area (Å²) >= 11 is 0. The van der Waals surface area contributed by atoms with Gasteiger partial charge in [-0.05, 0) is 0 Å². The number of aromatic hydroxyl groups is 1. The number of hydrogen-bond donors (Lipinski definition) is 1. The molecular formula is C4H5N2NaO. The molecule has 3 nitrogen and oxygen atoms in total. The van der Waals surface area contributed by atoms with Crippen molar-refractivity contribution in [2.75, 3.05) is 0 Å². The number of nitrogens with zero attached hydrogens (tertiary/aromatic N) is 2. The molecule has 0 aromatic carbocycles. The van der Waals surface area contributed by atoms with Gasteiger partial charge in [0.1, 0.15) is 6.33 Å². The molecule has 0 aliphatic carbocycles. The average Bonchev–Trinajstić information content (AvgIpc) is 1.69. The topological polar surface area (TPSA) is 46.0 Å². The Morgan fingerprint density at radius 1 is 1.25 bits per heavy atom. The molecular weight excluding hydrogens is 115 g/mol. The van der Waals surface area contributed by atoms with Gasteiger partial charge in [0.05, 0.1) is 12.4 Å². The molecule has 8 heavy (non-hydrogen) atoms. The average molecular weight is 120 g/mol. The van der Waals surface area contributed by atoms with Crippen molar-refractivity contribution in [2.45, 2.75) is 0 Å². The van der Waals surface area contributed by atoms with Gasteiger partial charge in [-0.25, -0.2) is 9.97 Å². The predicted octanol–water partition coefficient (Wildman–Crippen LogP) is -0.466. The van der Waals surface area contributed by atoms with Crippen molar-refractivity contribution in [3.05, 3.63) is 18.7 Å². The Hall–Kier alpha value is -0.120. The van der Waals surface area contributed by atoms with Crippen LogP contribution >= 0.6 is 0 Å². The molecule has 0 radical (unpaired) electrons. The van der Waals surface area contributed by atoms with E-state index in [0.29, 0.717) is 0 Å². The first-order valence-corrected chi connectivity index (χ1v) is 1.83. The van der Waals surface area contributed by atoms with E-state index in [-0.39, 0.29) is 35.3 Å². The first kappa shape index (κ1) is 7.88. The summed E-state index contributed by atoms with van der Waals surface area (Å²) in [6, 6.07) is 0. The standard InChI is InChI=1S/C4H4N2O.Na.H/c7-4-1-5-3-6-2-4;;/h1-3,7H;;. The summed E-state index contributed by atoms with van der Waals surface area (Å²) < 4.78 is 0. The zero-order valence-electron chi connectivity index (χ0n) is 3.57. The van der Waals surface area contributed by atoms with E-state index in [2.05, 4.69) is 9.97 Å². The second-order valence-corrected chi connectivity index (χ2v) is 1.10. The number of rotatable bonds is 0. The molecule has 1 rings (SSSR count). The Labute approximate surface area is 69.1 Å². The molecule has 0 saturated carbocycles. The zero-order chi connectivity index (χ0) is 5.11. The van der Waals surface area contributed by atoms with Gasteiger partial charge in [0.2, 0.25) is 0 Å². The minimum absolute atomic E-state index is 0. The van der Waals surface area contributed by atoms with E-state index in [1.165, 1.54) is 18.7 Å². The van der Waals surface area contributed by atoms with Crippen LogP contribution in [0.4, 0.5) is 0 Å². The van der Waals surface area contributed by atoms with Crippen molar-refractivity contribution in [3.8, 4) is 5.75 Å². The molecule has 0 spiro atoms. The van der Waals surface area contributed by atoms with Crippen molar-refractivity contribution >= 4 is 29.6 Å². The fourth-order valence-electron chi connectivity index (χ4n) is 0.291. The molecule has 0 amide bonds. The van der Waals surface area contributed by atoms with E-state index in [9.17, 15) is 0 Å². The molecule has 0 fully saturated rings. The summed E-state index contributed by atoms with van der Waals surface area (Å²) in [5, 5.41) is 8.51. The zero-order valence-corrected chi connectivity index (χ0v) is 3.57. The third-order valence-electron chi connectivity index (χ3n) is 0.547. The van der Waals surface area contributed by atoms with E-state index < -0.39 is 0 Å². The van der Waals surface area contributed by atoms with Gasteiger partial charge < -0.3 is 5.11 Å². The summed E-state index contributed by atoms with van der Waals surface area (Å²) in [6.45, 7) is 0. The van der Waals surface area contributed by atoms with Crippen LogP contribution in [0.5, 0.6) is 5.75 Å². The Kier molecular flexibility index (Phi) is 3.77. The van der Waals surface area contributed by atoms with E-state index in [1.54, 1.807) is 0 Å². The van der Waals surface area contributed by atoms with Crippen molar-refractivity contribution < 1.29 is 5.11 Å². The second-order valence-electron chi connectivity index (χ2n) is 1.10. The van der Waals surface area contributed by atoms with Gasteiger partial charge in [0.15, 0.2) is 5.75 Å². The molecule has 0 saturated heterocycles. The summed E-state index contributed by atoms with van der Waals surface area (Å²) in [4.78, 5) is 7.05. The molecule has 38 valence electrons. The van der Waals surface area contributed by atoms with E-state index in [4.69, 9.17) is 5.11 Å². The van der Waals surface area contributed by atoms with E-state index in [0.717, 1.165) is 0 Å². The molecule has 0 bridgehead atoms. The van der Waals surface area contributed by atoms with Crippen LogP contribution < -0.4 is 0 Å². The second kappa shape index (κ2) is 3.83. The van der Waals surface area contributed by atoms with Crippen LogP contribution in [0.15, 0.2) is 18.7 Å². The van der Waals surface area contributed by atoms with Gasteiger partial charge in [-0.1, -0.05) is 0 Å². The van der Waals surface area contributed by atoms with E-state index >= 15 is 0 Å². The molecule has 1 aromatic rings. The van der Waals surface area contributed by atoms with Crippen molar-refractivity contribution in [3.63, 3.8) is 0 Å². The monoisotopic (exact) mass is 120 g/mol. The summed E-state index contributed by atoms with van der Waals surface area (Å²) in [7, 11) is 0. The Morgan fingerprint density at radius 3 is 2.00 bits per heavy atom. The maximum absolute atomic E-state index is 8.51. The van der Waals surface area contributed by atoms with E-state index in [1.807, 2.05) is 0 Å². The molecule has 0 aliphatic heterocycles. The normalized spacial score (nSPS) is 7.50. The molecule has 0 aliphatic rings. The number of aromatic nitrogens is 2. The molecule has 1 heterocycles. The van der Waals surface area contributed by atoms with Gasteiger partial charge in [-0.2, -0.15) is 0 Å². The Balaban J connectivity index is 0.000000490. The molecule has 1 aromatic heterocycles. The third-order valence-corrected chi connectivity index (χ3v) is 0.547. The van der Waals surface area contributed by atoms with Crippen LogP contribution in [-0.4, -0.2) is 44.6 Å². The summed E-state index contributed by atoms with van der Waals surface area (Å²) in [5.41, 5.74) is 0. The van der Waals surface area contributed by atoms with Crippen molar-refractivity contribution in [1.29, 1.82) is 0 Å². The first-order chi connectivity index (χ1) is 3.39. The van der Waals surface area contributed by atoms with Crippen LogP contribution in [0.1, 0.15) is 0 Å². The molecule has 0 unspecified atom stereocenters. The fraction of sp³-hybridized carbons (Fsp3) is 0. The van der Waals surface area contributed by atoms with Crippen LogP contribution in [-0.2, 0) is 0 Å². The van der Waals surface area contributed by atoms with Crippen LogP contribution in [0.25, 0.3) is 0 Å². The quantitative estimate of drug-likeness (QED) is 0.471.